The second-order valence-corrected chi connectivity index (χ2v) is 2.85. The third-order valence-electron chi connectivity index (χ3n) is 2.01. The fourth-order valence-corrected chi connectivity index (χ4v) is 1.24. The fourth-order valence-electron chi connectivity index (χ4n) is 1.24. The van der Waals surface area contributed by atoms with Crippen LogP contribution in [0.15, 0.2) is 18.5 Å². The average molecular weight is 166 g/mol. The fraction of sp³-hybridized carbons (Fsp3) is 0.444. The summed E-state index contributed by atoms with van der Waals surface area (Å²) >= 11 is 0. The number of aliphatic hydroxyl groups is 1. The van der Waals surface area contributed by atoms with Crippen molar-refractivity contribution in [3.63, 3.8) is 0 Å². The zero-order valence-electron chi connectivity index (χ0n) is 7.20. The largest absolute Gasteiger partial charge is 0.396 e. The van der Waals surface area contributed by atoms with Crippen molar-refractivity contribution in [2.45, 2.75) is 12.8 Å². The van der Waals surface area contributed by atoms with Crippen LogP contribution < -0.4 is 5.73 Å². The van der Waals surface area contributed by atoms with E-state index in [9.17, 15) is 0 Å². The molecule has 0 aromatic carbocycles. The molecule has 3 heteroatoms. The minimum Gasteiger partial charge on any atom is -0.396 e. The topological polar surface area (TPSA) is 59.1 Å². The molecule has 1 unspecified atom stereocenters. The van der Waals surface area contributed by atoms with Crippen LogP contribution >= 0.6 is 0 Å². The van der Waals surface area contributed by atoms with E-state index in [-0.39, 0.29) is 12.5 Å². The van der Waals surface area contributed by atoms with Gasteiger partial charge in [-0.15, -0.1) is 0 Å². The molecule has 66 valence electrons. The smallest absolute Gasteiger partial charge is 0.0512 e. The summed E-state index contributed by atoms with van der Waals surface area (Å²) < 4.78 is 0. The van der Waals surface area contributed by atoms with Crippen molar-refractivity contribution in [2.24, 2.45) is 5.73 Å². The lowest BCUT2D eigenvalue weighted by Gasteiger charge is -2.13. The van der Waals surface area contributed by atoms with Gasteiger partial charge in [0.2, 0.25) is 0 Å². The summed E-state index contributed by atoms with van der Waals surface area (Å²) in [6, 6.07) is 1.91. The zero-order chi connectivity index (χ0) is 8.97. The molecule has 0 fully saturated rings. The van der Waals surface area contributed by atoms with E-state index < -0.39 is 0 Å². The Morgan fingerprint density at radius 3 is 2.92 bits per heavy atom. The zero-order valence-corrected chi connectivity index (χ0v) is 7.20. The standard InChI is InChI=1S/C9H14N2O/c1-7-5-11-3-2-9(7)8(4-10)6-12/h2-3,5,8,12H,4,6,10H2,1H3. The van der Waals surface area contributed by atoms with E-state index in [4.69, 9.17) is 10.8 Å². The summed E-state index contributed by atoms with van der Waals surface area (Å²) in [7, 11) is 0. The van der Waals surface area contributed by atoms with Crippen molar-refractivity contribution < 1.29 is 5.11 Å². The predicted molar refractivity (Wildman–Crippen MR) is 47.9 cm³/mol. The van der Waals surface area contributed by atoms with Crippen molar-refractivity contribution in [1.82, 2.24) is 4.98 Å². The van der Waals surface area contributed by atoms with Crippen LogP contribution in [-0.2, 0) is 0 Å². The van der Waals surface area contributed by atoms with Gasteiger partial charge in [-0.25, -0.2) is 0 Å². The Hall–Kier alpha value is -0.930. The number of nitrogens with zero attached hydrogens (tertiary/aromatic N) is 1. The number of aryl methyl sites for hydroxylation is 1. The van der Waals surface area contributed by atoms with Crippen molar-refractivity contribution in [3.8, 4) is 0 Å². The molecule has 0 spiro atoms. The van der Waals surface area contributed by atoms with Gasteiger partial charge in [0.15, 0.2) is 0 Å². The first-order chi connectivity index (χ1) is 5.79. The minimum absolute atomic E-state index is 0.0491. The Bertz CT molecular complexity index is 246. The Morgan fingerprint density at radius 2 is 2.42 bits per heavy atom. The molecular formula is C9H14N2O. The first-order valence-electron chi connectivity index (χ1n) is 4.01. The maximum absolute atomic E-state index is 9.00. The number of pyridine rings is 1. The van der Waals surface area contributed by atoms with Crippen LogP contribution in [0.4, 0.5) is 0 Å². The van der Waals surface area contributed by atoms with Crippen LogP contribution in [0.25, 0.3) is 0 Å². The van der Waals surface area contributed by atoms with E-state index in [0.29, 0.717) is 6.54 Å². The first-order valence-corrected chi connectivity index (χ1v) is 4.01. The van der Waals surface area contributed by atoms with Gasteiger partial charge in [-0.3, -0.25) is 4.98 Å². The summed E-state index contributed by atoms with van der Waals surface area (Å²) in [5.41, 5.74) is 7.68. The molecule has 1 atom stereocenters. The SMILES string of the molecule is Cc1cnccc1C(CN)CO. The molecule has 3 nitrogen and oxygen atoms in total. The van der Waals surface area contributed by atoms with Crippen LogP contribution in [0.5, 0.6) is 0 Å². The normalized spacial score (nSPS) is 12.9. The summed E-state index contributed by atoms with van der Waals surface area (Å²) in [5.74, 6) is 0.0491. The molecule has 1 aromatic heterocycles. The van der Waals surface area contributed by atoms with Crippen molar-refractivity contribution >= 4 is 0 Å². The van der Waals surface area contributed by atoms with E-state index in [1.807, 2.05) is 13.0 Å². The number of aliphatic hydroxyl groups excluding tert-OH is 1. The molecule has 0 saturated carbocycles. The lowest BCUT2D eigenvalue weighted by atomic mass is 9.97. The quantitative estimate of drug-likeness (QED) is 0.684. The summed E-state index contributed by atoms with van der Waals surface area (Å²) in [6.07, 6.45) is 3.51. The maximum atomic E-state index is 9.00. The van der Waals surface area contributed by atoms with Crippen LogP contribution in [0.2, 0.25) is 0 Å². The molecule has 0 amide bonds. The number of hydrogen-bond acceptors (Lipinski definition) is 3. The van der Waals surface area contributed by atoms with Crippen LogP contribution in [0, 0.1) is 6.92 Å². The Morgan fingerprint density at radius 1 is 1.67 bits per heavy atom. The van der Waals surface area contributed by atoms with Crippen LogP contribution in [-0.4, -0.2) is 23.2 Å². The van der Waals surface area contributed by atoms with Gasteiger partial charge < -0.3 is 10.8 Å². The van der Waals surface area contributed by atoms with Gasteiger partial charge in [0.05, 0.1) is 6.61 Å². The van der Waals surface area contributed by atoms with E-state index >= 15 is 0 Å². The molecule has 0 radical (unpaired) electrons. The molecule has 3 N–H and O–H groups in total. The lowest BCUT2D eigenvalue weighted by molar-refractivity contribution is 0.267. The van der Waals surface area contributed by atoms with Gasteiger partial charge in [-0.2, -0.15) is 0 Å². The predicted octanol–water partition coefficient (Wildman–Crippen LogP) is 0.425. The average Bonchev–Trinajstić information content (AvgIpc) is 2.10. The molecule has 1 aromatic rings. The molecule has 0 bridgehead atoms. The number of nitrogens with two attached hydrogens (primary N) is 1. The van der Waals surface area contributed by atoms with E-state index in [0.717, 1.165) is 11.1 Å². The van der Waals surface area contributed by atoms with Gasteiger partial charge in [0.25, 0.3) is 0 Å². The molecule has 0 aliphatic rings. The lowest BCUT2D eigenvalue weighted by Crippen LogP contribution is -2.17. The van der Waals surface area contributed by atoms with E-state index in [1.165, 1.54) is 0 Å². The van der Waals surface area contributed by atoms with E-state index in [1.54, 1.807) is 12.4 Å². The molecule has 0 aliphatic heterocycles. The highest BCUT2D eigenvalue weighted by molar-refractivity contribution is 5.26. The van der Waals surface area contributed by atoms with Crippen LogP contribution in [0.1, 0.15) is 17.0 Å². The highest BCUT2D eigenvalue weighted by Gasteiger charge is 2.09. The summed E-state index contributed by atoms with van der Waals surface area (Å²) in [5, 5.41) is 9.00. The summed E-state index contributed by atoms with van der Waals surface area (Å²) in [6.45, 7) is 2.54. The van der Waals surface area contributed by atoms with Crippen molar-refractivity contribution in [1.29, 1.82) is 0 Å². The second-order valence-electron chi connectivity index (χ2n) is 2.85. The van der Waals surface area contributed by atoms with E-state index in [2.05, 4.69) is 4.98 Å². The molecule has 12 heavy (non-hydrogen) atoms. The van der Waals surface area contributed by atoms with Gasteiger partial charge in [-0.1, -0.05) is 0 Å². The number of hydrogen-bond donors (Lipinski definition) is 2. The summed E-state index contributed by atoms with van der Waals surface area (Å²) in [4.78, 5) is 3.97. The maximum Gasteiger partial charge on any atom is 0.0512 e. The van der Waals surface area contributed by atoms with Crippen molar-refractivity contribution in [2.75, 3.05) is 13.2 Å². The molecule has 1 heterocycles. The highest BCUT2D eigenvalue weighted by Crippen LogP contribution is 2.16. The van der Waals surface area contributed by atoms with Gasteiger partial charge in [0.1, 0.15) is 0 Å². The Balaban J connectivity index is 2.92. The third-order valence-corrected chi connectivity index (χ3v) is 2.01. The van der Waals surface area contributed by atoms with Crippen molar-refractivity contribution in [3.05, 3.63) is 29.6 Å². The first kappa shape index (κ1) is 9.16. The third kappa shape index (κ3) is 1.81. The van der Waals surface area contributed by atoms with Gasteiger partial charge in [-0.05, 0) is 24.1 Å². The minimum atomic E-state index is 0.0491. The number of aromatic nitrogens is 1. The monoisotopic (exact) mass is 166 g/mol. The molecular weight excluding hydrogens is 152 g/mol. The number of rotatable bonds is 3. The van der Waals surface area contributed by atoms with Crippen LogP contribution in [0.3, 0.4) is 0 Å². The van der Waals surface area contributed by atoms with Gasteiger partial charge in [0, 0.05) is 24.9 Å². The Labute approximate surface area is 72.2 Å². The highest BCUT2D eigenvalue weighted by atomic mass is 16.3. The second kappa shape index (κ2) is 4.18. The molecule has 1 rings (SSSR count). The molecule has 0 saturated heterocycles. The Kier molecular flexibility index (Phi) is 3.19. The van der Waals surface area contributed by atoms with Gasteiger partial charge >= 0.3 is 0 Å². The molecule has 0 aliphatic carbocycles.